The maximum atomic E-state index is 12.4. The van der Waals surface area contributed by atoms with E-state index in [2.05, 4.69) is 41.8 Å². The van der Waals surface area contributed by atoms with E-state index in [0.29, 0.717) is 18.1 Å². The van der Waals surface area contributed by atoms with Crippen molar-refractivity contribution in [3.8, 4) is 0 Å². The largest absolute Gasteiger partial charge is 0.320 e. The highest BCUT2D eigenvalue weighted by atomic mass is 32.1. The number of carbonyl (C=O) groups excluding carboxylic acids is 1. The van der Waals surface area contributed by atoms with E-state index in [1.165, 1.54) is 5.56 Å². The van der Waals surface area contributed by atoms with Crippen LogP contribution in [-0.4, -0.2) is 32.5 Å². The molecule has 0 aromatic heterocycles. The van der Waals surface area contributed by atoms with Gasteiger partial charge >= 0.3 is 0 Å². The Morgan fingerprint density at radius 3 is 2.30 bits per heavy atom. The zero-order valence-corrected chi connectivity index (χ0v) is 16.7. The van der Waals surface area contributed by atoms with Gasteiger partial charge in [-0.25, -0.2) is 0 Å². The Balaban J connectivity index is 0. The lowest BCUT2D eigenvalue weighted by molar-refractivity contribution is -0.121. The van der Waals surface area contributed by atoms with Crippen LogP contribution in [0.1, 0.15) is 38.2 Å². The molecule has 5 heteroatoms. The molecule has 23 heavy (non-hydrogen) atoms. The number of unbranched alkanes of at least 4 members (excludes halogenated alkanes) is 1. The van der Waals surface area contributed by atoms with E-state index in [1.807, 2.05) is 20.2 Å². The molecule has 0 bridgehead atoms. The first-order valence-corrected chi connectivity index (χ1v) is 8.05. The number of hydrogen-bond donors (Lipinski definition) is 2. The summed E-state index contributed by atoms with van der Waals surface area (Å²) in [4.78, 5) is 12.4. The molecule has 0 amide bonds. The van der Waals surface area contributed by atoms with Crippen LogP contribution in [0.2, 0.25) is 0 Å². The van der Waals surface area contributed by atoms with Gasteiger partial charge in [0.2, 0.25) is 0 Å². The minimum Gasteiger partial charge on any atom is -0.320 e. The van der Waals surface area contributed by atoms with Crippen molar-refractivity contribution in [3.63, 3.8) is 0 Å². The summed E-state index contributed by atoms with van der Waals surface area (Å²) < 4.78 is 0. The van der Waals surface area contributed by atoms with Crippen LogP contribution in [0.5, 0.6) is 0 Å². The van der Waals surface area contributed by atoms with Crippen LogP contribution >= 0.6 is 27.0 Å². The summed E-state index contributed by atoms with van der Waals surface area (Å²) in [6.07, 6.45) is 4.79. The molecule has 134 valence electrons. The normalized spacial score (nSPS) is 12.7. The van der Waals surface area contributed by atoms with Gasteiger partial charge in [-0.1, -0.05) is 43.7 Å². The number of hydrogen-bond acceptors (Lipinski definition) is 3. The minimum absolute atomic E-state index is 0. The van der Waals surface area contributed by atoms with Gasteiger partial charge in [0.25, 0.3) is 0 Å². The van der Waals surface area contributed by atoms with Gasteiger partial charge in [0.1, 0.15) is 5.78 Å². The van der Waals surface area contributed by atoms with Crippen molar-refractivity contribution in [2.75, 3.05) is 20.6 Å². The molecule has 1 rings (SSSR count). The van der Waals surface area contributed by atoms with Crippen LogP contribution in [-0.2, 0) is 11.2 Å². The van der Waals surface area contributed by atoms with Crippen LogP contribution in [0.15, 0.2) is 30.3 Å². The second kappa shape index (κ2) is 15.1. The van der Waals surface area contributed by atoms with Crippen LogP contribution in [0.4, 0.5) is 0 Å². The molecule has 0 aliphatic rings. The standard InChI is InChI=1S/C18H30N2O.2H2S/c1-15(13-16-9-5-4-6-10-16)14-18(21)17(20-3)11-7-8-12-19-2;;/h4-6,9-10,15,17,19-20H,7-8,11-14H2,1-3H3;2*1H2/t15-,17-;;/m0../s1. The number of ketones is 1. The smallest absolute Gasteiger partial charge is 0.150 e. The summed E-state index contributed by atoms with van der Waals surface area (Å²) in [5.74, 6) is 0.749. The Kier molecular flexibility index (Phi) is 16.2. The highest BCUT2D eigenvalue weighted by Gasteiger charge is 2.18. The van der Waals surface area contributed by atoms with E-state index in [-0.39, 0.29) is 33.0 Å². The van der Waals surface area contributed by atoms with Crippen molar-refractivity contribution in [3.05, 3.63) is 35.9 Å². The lowest BCUT2D eigenvalue weighted by Gasteiger charge is -2.18. The van der Waals surface area contributed by atoms with Crippen molar-refractivity contribution in [2.24, 2.45) is 5.92 Å². The molecule has 1 aromatic carbocycles. The number of carbonyl (C=O) groups is 1. The van der Waals surface area contributed by atoms with E-state index in [9.17, 15) is 4.79 Å². The van der Waals surface area contributed by atoms with Crippen molar-refractivity contribution in [1.82, 2.24) is 10.6 Å². The Morgan fingerprint density at radius 2 is 1.74 bits per heavy atom. The summed E-state index contributed by atoms with van der Waals surface area (Å²) in [6.45, 7) is 3.19. The fourth-order valence-electron chi connectivity index (χ4n) is 2.69. The summed E-state index contributed by atoms with van der Waals surface area (Å²) in [6, 6.07) is 10.4. The van der Waals surface area contributed by atoms with Gasteiger partial charge in [-0.15, -0.1) is 0 Å². The topological polar surface area (TPSA) is 41.1 Å². The summed E-state index contributed by atoms with van der Waals surface area (Å²) >= 11 is 0. The molecule has 0 aliphatic heterocycles. The highest BCUT2D eigenvalue weighted by Crippen LogP contribution is 2.14. The molecule has 0 fully saturated rings. The lowest BCUT2D eigenvalue weighted by Crippen LogP contribution is -2.35. The van der Waals surface area contributed by atoms with E-state index in [4.69, 9.17) is 0 Å². The zero-order valence-electron chi connectivity index (χ0n) is 14.7. The second-order valence-electron chi connectivity index (χ2n) is 5.91. The maximum Gasteiger partial charge on any atom is 0.150 e. The molecular weight excluding hydrogens is 324 g/mol. The molecule has 2 N–H and O–H groups in total. The number of rotatable bonds is 11. The molecule has 0 heterocycles. The third-order valence-corrected chi connectivity index (χ3v) is 3.88. The number of benzene rings is 1. The van der Waals surface area contributed by atoms with Gasteiger partial charge in [-0.3, -0.25) is 4.79 Å². The van der Waals surface area contributed by atoms with E-state index >= 15 is 0 Å². The van der Waals surface area contributed by atoms with Crippen molar-refractivity contribution >= 4 is 32.8 Å². The molecule has 3 nitrogen and oxygen atoms in total. The summed E-state index contributed by atoms with van der Waals surface area (Å²) in [7, 11) is 3.86. The van der Waals surface area contributed by atoms with Crippen LogP contribution in [0.3, 0.4) is 0 Å². The Bertz CT molecular complexity index is 401. The quantitative estimate of drug-likeness (QED) is 0.598. The van der Waals surface area contributed by atoms with Crippen LogP contribution in [0.25, 0.3) is 0 Å². The number of nitrogens with one attached hydrogen (secondary N) is 2. The van der Waals surface area contributed by atoms with Gasteiger partial charge in [0.15, 0.2) is 0 Å². The third kappa shape index (κ3) is 10.8. The SMILES string of the molecule is CNCCCC[C@H](NC)C(=O)C[C@@H](C)Cc1ccccc1.S.S. The van der Waals surface area contributed by atoms with Crippen molar-refractivity contribution in [1.29, 1.82) is 0 Å². The zero-order chi connectivity index (χ0) is 15.5. The van der Waals surface area contributed by atoms with E-state index < -0.39 is 0 Å². The van der Waals surface area contributed by atoms with Gasteiger partial charge in [0.05, 0.1) is 6.04 Å². The van der Waals surface area contributed by atoms with E-state index in [1.54, 1.807) is 0 Å². The molecule has 1 aromatic rings. The first-order chi connectivity index (χ1) is 10.2. The Morgan fingerprint density at radius 1 is 1.09 bits per heavy atom. The van der Waals surface area contributed by atoms with Gasteiger partial charge in [-0.2, -0.15) is 27.0 Å². The van der Waals surface area contributed by atoms with E-state index in [0.717, 1.165) is 32.2 Å². The minimum atomic E-state index is 0. The maximum absolute atomic E-state index is 12.4. The monoisotopic (exact) mass is 358 g/mol. The fourth-order valence-corrected chi connectivity index (χ4v) is 2.69. The first kappa shape index (κ1) is 24.8. The Labute approximate surface area is 155 Å². The molecule has 0 spiro atoms. The number of likely N-dealkylation sites (N-methyl/N-ethyl adjacent to an activating group) is 1. The van der Waals surface area contributed by atoms with Gasteiger partial charge in [0, 0.05) is 6.42 Å². The first-order valence-electron chi connectivity index (χ1n) is 8.05. The van der Waals surface area contributed by atoms with Gasteiger partial charge in [-0.05, 0) is 51.4 Å². The Hall–Kier alpha value is -0.490. The second-order valence-corrected chi connectivity index (χ2v) is 5.91. The van der Waals surface area contributed by atoms with Crippen LogP contribution < -0.4 is 10.6 Å². The summed E-state index contributed by atoms with van der Waals surface area (Å²) in [5.41, 5.74) is 1.31. The predicted molar refractivity (Wildman–Crippen MR) is 110 cm³/mol. The average molecular weight is 359 g/mol. The van der Waals surface area contributed by atoms with Crippen molar-refractivity contribution in [2.45, 2.75) is 45.1 Å². The molecule has 0 radical (unpaired) electrons. The lowest BCUT2D eigenvalue weighted by atomic mass is 9.92. The average Bonchev–Trinajstić information content (AvgIpc) is 2.48. The predicted octanol–water partition coefficient (Wildman–Crippen LogP) is 3.03. The third-order valence-electron chi connectivity index (χ3n) is 3.88. The number of Topliss-reactive ketones (excluding diaryl/α,β-unsaturated/α-hetero) is 1. The molecule has 0 unspecified atom stereocenters. The molecule has 0 aliphatic carbocycles. The van der Waals surface area contributed by atoms with Crippen molar-refractivity contribution < 1.29 is 4.79 Å². The fraction of sp³-hybridized carbons (Fsp3) is 0.611. The molecule has 0 saturated carbocycles. The molecule has 0 saturated heterocycles. The highest BCUT2D eigenvalue weighted by molar-refractivity contribution is 7.59. The molecule has 2 atom stereocenters. The van der Waals surface area contributed by atoms with Gasteiger partial charge < -0.3 is 10.6 Å². The summed E-state index contributed by atoms with van der Waals surface area (Å²) in [5, 5.41) is 6.32. The molecular formula is C18H34N2OS2. The van der Waals surface area contributed by atoms with Crippen LogP contribution in [0, 0.1) is 5.92 Å².